The van der Waals surface area contributed by atoms with Gasteiger partial charge in [0.1, 0.15) is 11.6 Å². The number of rotatable bonds is 4. The Morgan fingerprint density at radius 2 is 1.95 bits per heavy atom. The molecule has 20 heavy (non-hydrogen) atoms. The zero-order chi connectivity index (χ0) is 15.5. The molecular weight excluding hydrogens is 389 g/mol. The number of thiophene rings is 1. The number of amides is 1. The Labute approximate surface area is 137 Å². The minimum Gasteiger partial charge on any atom is -0.458 e. The lowest BCUT2D eigenvalue weighted by molar-refractivity contribution is -0.158. The molecule has 6 heteroatoms. The Bertz CT molecular complexity index is 491. The van der Waals surface area contributed by atoms with E-state index in [9.17, 15) is 9.59 Å². The van der Waals surface area contributed by atoms with E-state index in [2.05, 4.69) is 27.9 Å². The first-order chi connectivity index (χ1) is 9.10. The van der Waals surface area contributed by atoms with E-state index in [1.165, 1.54) is 11.3 Å². The molecule has 0 aliphatic carbocycles. The molecular formula is C14H20INO3S. The van der Waals surface area contributed by atoms with Gasteiger partial charge in [0.05, 0.1) is 8.45 Å². The highest BCUT2D eigenvalue weighted by Gasteiger charge is 2.29. The molecule has 1 N–H and O–H groups in total. The molecule has 112 valence electrons. The van der Waals surface area contributed by atoms with E-state index in [0.29, 0.717) is 5.56 Å². The highest BCUT2D eigenvalue weighted by molar-refractivity contribution is 14.1. The average Bonchev–Trinajstić information content (AvgIpc) is 2.69. The van der Waals surface area contributed by atoms with Crippen LogP contribution in [0.1, 0.15) is 45.0 Å². The standard InChI is InChI=1S/C14H20INO3S/c1-8(2)11(13(18)19-14(3,4)5)16-12(17)9-6-10(15)20-7-9/h6-8,11H,1-5H3,(H,16,17)/t11-/m0/s1. The van der Waals surface area contributed by atoms with Crippen LogP contribution in [0.4, 0.5) is 0 Å². The van der Waals surface area contributed by atoms with Gasteiger partial charge in [-0.1, -0.05) is 13.8 Å². The molecule has 0 radical (unpaired) electrons. The van der Waals surface area contributed by atoms with Crippen molar-refractivity contribution in [2.45, 2.75) is 46.3 Å². The highest BCUT2D eigenvalue weighted by Crippen LogP contribution is 2.18. The fourth-order valence-corrected chi connectivity index (χ4v) is 2.84. The molecule has 4 nitrogen and oxygen atoms in total. The first-order valence-electron chi connectivity index (χ1n) is 6.38. The number of hydrogen-bond acceptors (Lipinski definition) is 4. The summed E-state index contributed by atoms with van der Waals surface area (Å²) in [4.78, 5) is 24.3. The number of halogens is 1. The second-order valence-electron chi connectivity index (χ2n) is 5.87. The van der Waals surface area contributed by atoms with Crippen LogP contribution in [0.5, 0.6) is 0 Å². The van der Waals surface area contributed by atoms with Gasteiger partial charge in [-0.25, -0.2) is 4.79 Å². The Balaban J connectivity index is 2.77. The summed E-state index contributed by atoms with van der Waals surface area (Å²) in [5.41, 5.74) is 0.0146. The van der Waals surface area contributed by atoms with Gasteiger partial charge in [0.15, 0.2) is 0 Å². The minimum atomic E-state index is -0.640. The van der Waals surface area contributed by atoms with Crippen LogP contribution < -0.4 is 5.32 Å². The molecule has 0 aliphatic rings. The predicted molar refractivity (Wildman–Crippen MR) is 89.0 cm³/mol. The second-order valence-corrected chi connectivity index (χ2v) is 8.67. The molecule has 1 heterocycles. The zero-order valence-corrected chi connectivity index (χ0v) is 15.3. The number of carbonyl (C=O) groups is 2. The van der Waals surface area contributed by atoms with Gasteiger partial charge in [0.25, 0.3) is 5.91 Å². The van der Waals surface area contributed by atoms with Crippen molar-refractivity contribution >= 4 is 45.8 Å². The first-order valence-corrected chi connectivity index (χ1v) is 8.34. The van der Waals surface area contributed by atoms with Crippen LogP contribution in [-0.4, -0.2) is 23.5 Å². The number of ether oxygens (including phenoxy) is 1. The van der Waals surface area contributed by atoms with Crippen molar-refractivity contribution in [1.82, 2.24) is 5.32 Å². The van der Waals surface area contributed by atoms with E-state index < -0.39 is 17.6 Å². The maximum absolute atomic E-state index is 12.1. The number of hydrogen-bond donors (Lipinski definition) is 1. The van der Waals surface area contributed by atoms with E-state index in [-0.39, 0.29) is 11.8 Å². The SMILES string of the molecule is CC(C)[C@H](NC(=O)c1csc(I)c1)C(=O)OC(C)(C)C. The smallest absolute Gasteiger partial charge is 0.329 e. The van der Waals surface area contributed by atoms with Gasteiger partial charge in [0.2, 0.25) is 0 Å². The normalized spacial score (nSPS) is 13.2. The molecule has 1 aromatic rings. The van der Waals surface area contributed by atoms with Crippen molar-refractivity contribution in [2.75, 3.05) is 0 Å². The van der Waals surface area contributed by atoms with Gasteiger partial charge in [-0.15, -0.1) is 11.3 Å². The maximum atomic E-state index is 12.1. The monoisotopic (exact) mass is 409 g/mol. The molecule has 1 atom stereocenters. The number of carbonyl (C=O) groups excluding carboxylic acids is 2. The van der Waals surface area contributed by atoms with E-state index in [4.69, 9.17) is 4.74 Å². The molecule has 0 saturated heterocycles. The van der Waals surface area contributed by atoms with E-state index in [1.807, 2.05) is 34.6 Å². The summed E-state index contributed by atoms with van der Waals surface area (Å²) in [6.45, 7) is 9.19. The minimum absolute atomic E-state index is 0.0356. The molecule has 1 amide bonds. The lowest BCUT2D eigenvalue weighted by Gasteiger charge is -2.26. The third-order valence-corrected chi connectivity index (χ3v) is 4.23. The van der Waals surface area contributed by atoms with Crippen LogP contribution in [0.15, 0.2) is 11.4 Å². The summed E-state index contributed by atoms with van der Waals surface area (Å²) in [6.07, 6.45) is 0. The fourth-order valence-electron chi connectivity index (χ4n) is 1.52. The summed E-state index contributed by atoms with van der Waals surface area (Å²) in [5, 5.41) is 4.54. The van der Waals surface area contributed by atoms with Crippen LogP contribution in [0.2, 0.25) is 0 Å². The molecule has 0 unspecified atom stereocenters. The Morgan fingerprint density at radius 3 is 2.35 bits per heavy atom. The van der Waals surface area contributed by atoms with Crippen LogP contribution in [0, 0.1) is 8.80 Å². The van der Waals surface area contributed by atoms with Crippen molar-refractivity contribution in [3.05, 3.63) is 19.9 Å². The van der Waals surface area contributed by atoms with E-state index in [0.717, 1.165) is 2.88 Å². The van der Waals surface area contributed by atoms with Crippen LogP contribution in [0.3, 0.4) is 0 Å². The van der Waals surface area contributed by atoms with Gasteiger partial charge in [-0.2, -0.15) is 0 Å². The molecule has 0 bridgehead atoms. The van der Waals surface area contributed by atoms with Crippen molar-refractivity contribution in [2.24, 2.45) is 5.92 Å². The molecule has 0 fully saturated rings. The lowest BCUT2D eigenvalue weighted by Crippen LogP contribution is -2.47. The Hall–Kier alpha value is -0.630. The second kappa shape index (κ2) is 6.89. The van der Waals surface area contributed by atoms with Gasteiger partial charge < -0.3 is 10.1 Å². The molecule has 0 spiro atoms. The quantitative estimate of drug-likeness (QED) is 0.612. The van der Waals surface area contributed by atoms with Crippen molar-refractivity contribution in [1.29, 1.82) is 0 Å². The van der Waals surface area contributed by atoms with Crippen LogP contribution >= 0.6 is 33.9 Å². The Morgan fingerprint density at radius 1 is 1.35 bits per heavy atom. The van der Waals surface area contributed by atoms with Gasteiger partial charge >= 0.3 is 5.97 Å². The van der Waals surface area contributed by atoms with Crippen molar-refractivity contribution in [3.63, 3.8) is 0 Å². The third-order valence-electron chi connectivity index (χ3n) is 2.44. The summed E-state index contributed by atoms with van der Waals surface area (Å²) in [6, 6.07) is 1.16. The number of nitrogens with one attached hydrogen (secondary N) is 1. The van der Waals surface area contributed by atoms with Crippen molar-refractivity contribution in [3.8, 4) is 0 Å². The van der Waals surface area contributed by atoms with Gasteiger partial charge in [-0.3, -0.25) is 4.79 Å². The molecule has 0 aromatic carbocycles. The van der Waals surface area contributed by atoms with Crippen LogP contribution in [0.25, 0.3) is 0 Å². The fraction of sp³-hybridized carbons (Fsp3) is 0.571. The maximum Gasteiger partial charge on any atom is 0.329 e. The average molecular weight is 409 g/mol. The molecule has 0 saturated carbocycles. The summed E-state index contributed by atoms with van der Waals surface area (Å²) in [7, 11) is 0. The summed E-state index contributed by atoms with van der Waals surface area (Å²) in [5.74, 6) is -0.675. The lowest BCUT2D eigenvalue weighted by atomic mass is 10.0. The topological polar surface area (TPSA) is 55.4 Å². The van der Waals surface area contributed by atoms with E-state index >= 15 is 0 Å². The number of esters is 1. The van der Waals surface area contributed by atoms with Gasteiger partial charge in [-0.05, 0) is 55.3 Å². The Kier molecular flexibility index (Phi) is 6.00. The first kappa shape index (κ1) is 17.4. The molecule has 0 aliphatic heterocycles. The summed E-state index contributed by atoms with van der Waals surface area (Å²) < 4.78 is 6.38. The predicted octanol–water partition coefficient (Wildman–Crippen LogP) is 3.45. The molecule has 1 aromatic heterocycles. The van der Waals surface area contributed by atoms with Crippen molar-refractivity contribution < 1.29 is 14.3 Å². The van der Waals surface area contributed by atoms with E-state index in [1.54, 1.807) is 11.4 Å². The van der Waals surface area contributed by atoms with Crippen LogP contribution in [-0.2, 0) is 9.53 Å². The highest BCUT2D eigenvalue weighted by atomic mass is 127. The molecule has 1 rings (SSSR count). The largest absolute Gasteiger partial charge is 0.458 e. The third kappa shape index (κ3) is 5.40. The summed E-state index contributed by atoms with van der Waals surface area (Å²) >= 11 is 3.66. The zero-order valence-electron chi connectivity index (χ0n) is 12.3. The van der Waals surface area contributed by atoms with Gasteiger partial charge in [0, 0.05) is 5.38 Å².